The number of halogens is 1. The van der Waals surface area contributed by atoms with Crippen molar-refractivity contribution in [3.63, 3.8) is 0 Å². The minimum Gasteiger partial charge on any atom is -0.464 e. The summed E-state index contributed by atoms with van der Waals surface area (Å²) in [7, 11) is 1.25. The molecule has 6 nitrogen and oxygen atoms in total. The zero-order valence-electron chi connectivity index (χ0n) is 12.1. The summed E-state index contributed by atoms with van der Waals surface area (Å²) in [5, 5.41) is 0. The van der Waals surface area contributed by atoms with Crippen LogP contribution in [-0.4, -0.2) is 34.3 Å². The van der Waals surface area contributed by atoms with Gasteiger partial charge in [-0.25, -0.2) is 14.2 Å². The predicted molar refractivity (Wildman–Crippen MR) is 80.4 cm³/mol. The first-order valence-electron chi connectivity index (χ1n) is 6.23. The Hall–Kier alpha value is -1.89. The lowest BCUT2D eigenvalue weighted by Gasteiger charge is -2.20. The van der Waals surface area contributed by atoms with Crippen molar-refractivity contribution in [2.45, 2.75) is 26.4 Å². The molecule has 0 bridgehead atoms. The molecule has 0 radical (unpaired) electrons. The summed E-state index contributed by atoms with van der Waals surface area (Å²) in [6.45, 7) is 5.26. The van der Waals surface area contributed by atoms with E-state index in [2.05, 4.69) is 20.9 Å². The van der Waals surface area contributed by atoms with Crippen molar-refractivity contribution in [2.75, 3.05) is 7.11 Å². The Kier molecular flexibility index (Phi) is 4.04. The number of hydrogen-bond donors (Lipinski definition) is 0. The van der Waals surface area contributed by atoms with Crippen LogP contribution in [0.25, 0.3) is 11.0 Å². The highest BCUT2D eigenvalue weighted by atomic mass is 79.9. The van der Waals surface area contributed by atoms with Gasteiger partial charge in [0.2, 0.25) is 0 Å². The minimum absolute atomic E-state index is 0.0560. The number of esters is 1. The molecule has 0 fully saturated rings. The fraction of sp³-hybridized carbons (Fsp3) is 0.357. The number of fused-ring (bicyclic) bond motifs is 1. The van der Waals surface area contributed by atoms with Gasteiger partial charge in [-0.15, -0.1) is 0 Å². The average molecular weight is 355 g/mol. The molecular formula is C14H15BrN2O4. The molecule has 0 aliphatic carbocycles. The molecule has 0 unspecified atom stereocenters. The molecule has 0 amide bonds. The highest BCUT2D eigenvalue weighted by Gasteiger charge is 2.29. The second-order valence-electron chi connectivity index (χ2n) is 5.34. The van der Waals surface area contributed by atoms with Crippen LogP contribution in [0.15, 0.2) is 22.8 Å². The topological polar surface area (TPSA) is 70.4 Å². The minimum atomic E-state index is -0.685. The fourth-order valence-electron chi connectivity index (χ4n) is 1.85. The smallest absolute Gasteiger partial charge is 0.419 e. The van der Waals surface area contributed by atoms with Gasteiger partial charge in [-0.1, -0.05) is 0 Å². The molecule has 2 heterocycles. The zero-order chi connectivity index (χ0) is 15.8. The Bertz CT molecular complexity index is 716. The molecule has 2 aromatic heterocycles. The van der Waals surface area contributed by atoms with Crippen LogP contribution in [-0.2, 0) is 9.47 Å². The third-order valence-electron chi connectivity index (χ3n) is 2.62. The molecule has 112 valence electrons. The molecule has 7 heteroatoms. The van der Waals surface area contributed by atoms with Gasteiger partial charge in [0.05, 0.1) is 17.1 Å². The Labute approximate surface area is 130 Å². The maximum Gasteiger partial charge on any atom is 0.419 e. The van der Waals surface area contributed by atoms with Crippen LogP contribution in [0.4, 0.5) is 4.79 Å². The second kappa shape index (κ2) is 5.48. The lowest BCUT2D eigenvalue weighted by molar-refractivity contribution is 0.0489. The molecule has 0 aromatic carbocycles. The monoisotopic (exact) mass is 354 g/mol. The molecule has 0 aliphatic heterocycles. The van der Waals surface area contributed by atoms with Gasteiger partial charge in [0.25, 0.3) is 0 Å². The van der Waals surface area contributed by atoms with Crippen LogP contribution in [0.5, 0.6) is 0 Å². The summed E-state index contributed by atoms with van der Waals surface area (Å²) in [6, 6.07) is 3.36. The van der Waals surface area contributed by atoms with Crippen LogP contribution in [0, 0.1) is 0 Å². The lowest BCUT2D eigenvalue weighted by atomic mass is 10.2. The van der Waals surface area contributed by atoms with E-state index in [1.807, 2.05) is 0 Å². The number of ether oxygens (including phenoxy) is 2. The quantitative estimate of drug-likeness (QED) is 0.734. The summed E-state index contributed by atoms with van der Waals surface area (Å²) in [5.74, 6) is -0.647. The average Bonchev–Trinajstić information content (AvgIpc) is 2.70. The largest absolute Gasteiger partial charge is 0.464 e. The van der Waals surface area contributed by atoms with Gasteiger partial charge >= 0.3 is 12.1 Å². The van der Waals surface area contributed by atoms with Gasteiger partial charge in [-0.3, -0.25) is 4.98 Å². The summed E-state index contributed by atoms with van der Waals surface area (Å²) in [4.78, 5) is 28.6. The first-order chi connectivity index (χ1) is 9.76. The van der Waals surface area contributed by atoms with E-state index >= 15 is 0 Å². The van der Waals surface area contributed by atoms with Crippen molar-refractivity contribution >= 4 is 39.0 Å². The Morgan fingerprint density at radius 1 is 1.33 bits per heavy atom. The molecule has 2 aromatic rings. The van der Waals surface area contributed by atoms with Crippen molar-refractivity contribution in [1.82, 2.24) is 9.55 Å². The van der Waals surface area contributed by atoms with Gasteiger partial charge in [-0.2, -0.15) is 0 Å². The van der Waals surface area contributed by atoms with E-state index in [1.54, 1.807) is 39.1 Å². The predicted octanol–water partition coefficient (Wildman–Crippen LogP) is 3.37. The summed E-state index contributed by atoms with van der Waals surface area (Å²) >= 11 is 3.30. The SMILES string of the molecule is COC(=O)c1c(Br)c2ncccc2n1C(=O)OC(C)(C)C. The molecular weight excluding hydrogens is 340 g/mol. The van der Waals surface area contributed by atoms with Gasteiger partial charge < -0.3 is 9.47 Å². The summed E-state index contributed by atoms with van der Waals surface area (Å²) in [6.07, 6.45) is 0.916. The summed E-state index contributed by atoms with van der Waals surface area (Å²) in [5.41, 5.74) is 0.332. The molecule has 0 atom stereocenters. The van der Waals surface area contributed by atoms with E-state index < -0.39 is 17.7 Å². The molecule has 0 saturated carbocycles. The number of carbonyl (C=O) groups excluding carboxylic acids is 2. The number of nitrogens with zero attached hydrogens (tertiary/aromatic N) is 2. The van der Waals surface area contributed by atoms with E-state index in [1.165, 1.54) is 11.7 Å². The zero-order valence-corrected chi connectivity index (χ0v) is 13.7. The van der Waals surface area contributed by atoms with Gasteiger partial charge in [0.1, 0.15) is 11.1 Å². The Morgan fingerprint density at radius 3 is 2.57 bits per heavy atom. The van der Waals surface area contributed by atoms with Crippen molar-refractivity contribution in [3.05, 3.63) is 28.5 Å². The number of methoxy groups -OCH3 is 1. The van der Waals surface area contributed by atoms with Crippen LogP contribution in [0.3, 0.4) is 0 Å². The van der Waals surface area contributed by atoms with E-state index in [-0.39, 0.29) is 5.69 Å². The van der Waals surface area contributed by atoms with E-state index in [9.17, 15) is 9.59 Å². The number of rotatable bonds is 1. The standard InChI is InChI=1S/C14H15BrN2O4/c1-14(2,3)21-13(19)17-8-6-5-7-16-10(8)9(15)11(17)12(18)20-4/h5-7H,1-4H3. The lowest BCUT2D eigenvalue weighted by Crippen LogP contribution is -2.29. The first kappa shape index (κ1) is 15.5. The fourth-order valence-corrected chi connectivity index (χ4v) is 2.50. The Balaban J connectivity index is 2.70. The van der Waals surface area contributed by atoms with Crippen molar-refractivity contribution in [3.8, 4) is 0 Å². The van der Waals surface area contributed by atoms with Crippen molar-refractivity contribution < 1.29 is 19.1 Å². The molecule has 21 heavy (non-hydrogen) atoms. The van der Waals surface area contributed by atoms with Crippen LogP contribution < -0.4 is 0 Å². The van der Waals surface area contributed by atoms with Crippen molar-refractivity contribution in [1.29, 1.82) is 0 Å². The third kappa shape index (κ3) is 2.92. The van der Waals surface area contributed by atoms with Crippen LogP contribution in [0.2, 0.25) is 0 Å². The van der Waals surface area contributed by atoms with Crippen molar-refractivity contribution in [2.24, 2.45) is 0 Å². The van der Waals surface area contributed by atoms with E-state index in [0.29, 0.717) is 15.5 Å². The van der Waals surface area contributed by atoms with Crippen LogP contribution >= 0.6 is 15.9 Å². The van der Waals surface area contributed by atoms with Gasteiger partial charge in [-0.05, 0) is 48.8 Å². The molecule has 0 saturated heterocycles. The maximum atomic E-state index is 12.4. The highest BCUT2D eigenvalue weighted by molar-refractivity contribution is 9.10. The second-order valence-corrected chi connectivity index (χ2v) is 6.13. The van der Waals surface area contributed by atoms with Gasteiger partial charge in [0, 0.05) is 6.20 Å². The maximum absolute atomic E-state index is 12.4. The Morgan fingerprint density at radius 2 is 2.00 bits per heavy atom. The van der Waals surface area contributed by atoms with Gasteiger partial charge in [0.15, 0.2) is 5.69 Å². The molecule has 0 spiro atoms. The normalized spacial score (nSPS) is 11.5. The number of carbonyl (C=O) groups is 2. The first-order valence-corrected chi connectivity index (χ1v) is 7.02. The number of pyridine rings is 1. The van der Waals surface area contributed by atoms with Crippen LogP contribution in [0.1, 0.15) is 31.3 Å². The summed E-state index contributed by atoms with van der Waals surface area (Å²) < 4.78 is 11.7. The van der Waals surface area contributed by atoms with E-state index in [4.69, 9.17) is 9.47 Å². The highest BCUT2D eigenvalue weighted by Crippen LogP contribution is 2.30. The molecule has 0 N–H and O–H groups in total. The molecule has 2 rings (SSSR count). The molecule has 0 aliphatic rings. The third-order valence-corrected chi connectivity index (χ3v) is 3.37. The number of aromatic nitrogens is 2. The number of hydrogen-bond acceptors (Lipinski definition) is 5. The van der Waals surface area contributed by atoms with E-state index in [0.717, 1.165) is 0 Å².